The first-order valence-electron chi connectivity index (χ1n) is 7.13. The van der Waals surface area contributed by atoms with Crippen LogP contribution in [0.15, 0.2) is 40.8 Å². The number of benzene rings is 1. The van der Waals surface area contributed by atoms with Gasteiger partial charge in [0.1, 0.15) is 17.3 Å². The van der Waals surface area contributed by atoms with E-state index in [0.29, 0.717) is 10.4 Å². The number of aromatic amines is 1. The first-order chi connectivity index (χ1) is 12.1. The molecule has 0 aliphatic carbocycles. The molecule has 0 saturated carbocycles. The van der Waals surface area contributed by atoms with Gasteiger partial charge in [-0.1, -0.05) is 6.07 Å². The van der Waals surface area contributed by atoms with Crippen molar-refractivity contribution in [2.75, 3.05) is 0 Å². The fourth-order valence-corrected chi connectivity index (χ4v) is 3.28. The Kier molecular flexibility index (Phi) is 3.61. The maximum Gasteiger partial charge on any atom is 0.194 e. The zero-order chi connectivity index (χ0) is 17.6. The molecule has 3 heterocycles. The summed E-state index contributed by atoms with van der Waals surface area (Å²) in [7, 11) is 0. The van der Waals surface area contributed by atoms with Gasteiger partial charge in [0.25, 0.3) is 0 Å². The topological polar surface area (TPSA) is 53.9 Å². The van der Waals surface area contributed by atoms with Crippen LogP contribution in [-0.2, 0) is 0 Å². The number of nitrogens with zero attached hydrogens (tertiary/aromatic N) is 3. The number of thiophene rings is 1. The van der Waals surface area contributed by atoms with Crippen LogP contribution in [0.4, 0.5) is 19.0 Å². The van der Waals surface area contributed by atoms with Crippen LogP contribution in [0.25, 0.3) is 32.9 Å². The molecule has 0 saturated heterocycles. The maximum absolute atomic E-state index is 14.5. The number of hydrogen-bond acceptors (Lipinski definition) is 4. The molecule has 4 rings (SSSR count). The van der Waals surface area contributed by atoms with Crippen molar-refractivity contribution in [2.24, 2.45) is 4.99 Å². The van der Waals surface area contributed by atoms with E-state index in [0.717, 1.165) is 6.07 Å². The van der Waals surface area contributed by atoms with Gasteiger partial charge in [0.15, 0.2) is 17.5 Å². The molecule has 4 aromatic rings. The number of halogens is 3. The smallest absolute Gasteiger partial charge is 0.194 e. The average Bonchev–Trinajstić information content (AvgIpc) is 3.25. The summed E-state index contributed by atoms with van der Waals surface area (Å²) >= 11 is 1.30. The van der Waals surface area contributed by atoms with Crippen LogP contribution in [-0.4, -0.2) is 21.7 Å². The van der Waals surface area contributed by atoms with E-state index in [2.05, 4.69) is 26.7 Å². The second-order valence-electron chi connectivity index (χ2n) is 5.18. The van der Waals surface area contributed by atoms with E-state index in [1.807, 2.05) is 0 Å². The molecule has 0 fully saturated rings. The maximum atomic E-state index is 14.5. The molecule has 0 spiro atoms. The lowest BCUT2D eigenvalue weighted by Crippen LogP contribution is -1.96. The Labute approximate surface area is 143 Å². The van der Waals surface area contributed by atoms with Gasteiger partial charge in [0, 0.05) is 23.2 Å². The number of fused-ring (bicyclic) bond motifs is 1. The third kappa shape index (κ3) is 2.51. The van der Waals surface area contributed by atoms with E-state index in [1.54, 1.807) is 17.5 Å². The van der Waals surface area contributed by atoms with Gasteiger partial charge in [0.2, 0.25) is 0 Å². The number of aliphatic imine (C=N–C) groups is 1. The number of nitrogens with one attached hydrogen (secondary N) is 1. The largest absolute Gasteiger partial charge is 0.358 e. The normalized spacial score (nSPS) is 11.2. The second kappa shape index (κ2) is 5.82. The Morgan fingerprint density at radius 3 is 2.72 bits per heavy atom. The average molecular weight is 358 g/mol. The summed E-state index contributed by atoms with van der Waals surface area (Å²) in [6.45, 7) is 3.32. The molecule has 0 aliphatic rings. The Balaban J connectivity index is 2.01. The summed E-state index contributed by atoms with van der Waals surface area (Å²) in [6, 6.07) is 5.42. The molecule has 0 unspecified atom stereocenters. The summed E-state index contributed by atoms with van der Waals surface area (Å²) in [5, 5.41) is 2.05. The summed E-state index contributed by atoms with van der Waals surface area (Å²) in [5.41, 5.74) is 0.528. The fraction of sp³-hybridized carbons (Fsp3) is 0. The fourth-order valence-electron chi connectivity index (χ4n) is 2.58. The van der Waals surface area contributed by atoms with Crippen molar-refractivity contribution < 1.29 is 13.2 Å². The quantitative estimate of drug-likeness (QED) is 0.518. The van der Waals surface area contributed by atoms with Crippen molar-refractivity contribution >= 4 is 34.8 Å². The molecule has 3 aromatic heterocycles. The second-order valence-corrected chi connectivity index (χ2v) is 6.13. The predicted octanol–water partition coefficient (Wildman–Crippen LogP) is 5.10. The Morgan fingerprint density at radius 2 is 2.00 bits per heavy atom. The van der Waals surface area contributed by atoms with Crippen molar-refractivity contribution in [3.8, 4) is 22.0 Å². The van der Waals surface area contributed by atoms with E-state index in [-0.39, 0.29) is 28.2 Å². The van der Waals surface area contributed by atoms with Crippen LogP contribution in [0.2, 0.25) is 0 Å². The lowest BCUT2D eigenvalue weighted by atomic mass is 10.1. The van der Waals surface area contributed by atoms with Crippen LogP contribution in [0.1, 0.15) is 0 Å². The Hall–Kier alpha value is -3.00. The minimum absolute atomic E-state index is 0.0635. The highest BCUT2D eigenvalue weighted by molar-refractivity contribution is 7.13. The molecule has 8 heteroatoms. The summed E-state index contributed by atoms with van der Waals surface area (Å²) in [4.78, 5) is 15.2. The van der Waals surface area contributed by atoms with Crippen molar-refractivity contribution in [1.29, 1.82) is 0 Å². The highest BCUT2D eigenvalue weighted by Crippen LogP contribution is 2.34. The van der Waals surface area contributed by atoms with Gasteiger partial charge in [-0.05, 0) is 24.2 Å². The van der Waals surface area contributed by atoms with Gasteiger partial charge in [-0.2, -0.15) is 0 Å². The van der Waals surface area contributed by atoms with Crippen LogP contribution in [0.3, 0.4) is 0 Å². The van der Waals surface area contributed by atoms with Gasteiger partial charge >= 0.3 is 0 Å². The van der Waals surface area contributed by atoms with E-state index < -0.39 is 17.5 Å². The third-order valence-corrected chi connectivity index (χ3v) is 4.56. The molecule has 0 amide bonds. The van der Waals surface area contributed by atoms with Crippen LogP contribution in [0.5, 0.6) is 0 Å². The van der Waals surface area contributed by atoms with Gasteiger partial charge < -0.3 is 4.98 Å². The summed E-state index contributed by atoms with van der Waals surface area (Å²) in [5.74, 6) is -2.28. The lowest BCUT2D eigenvalue weighted by Gasteiger charge is -2.06. The monoisotopic (exact) mass is 358 g/mol. The van der Waals surface area contributed by atoms with Crippen LogP contribution in [0, 0.1) is 17.5 Å². The highest BCUT2D eigenvalue weighted by atomic mass is 32.1. The van der Waals surface area contributed by atoms with Gasteiger partial charge in [-0.15, -0.1) is 11.3 Å². The molecule has 0 atom stereocenters. The first-order valence-corrected chi connectivity index (χ1v) is 8.01. The standard InChI is InChI=1S/C17H9F3N4S/c1-21-17-13(20)15(12-3-2-4-25-12)23-16(24-17)10-7-22-14-9(10)5-8(18)6-11(14)19/h2-7,22H,1H2. The molecule has 25 heavy (non-hydrogen) atoms. The number of hydrogen-bond donors (Lipinski definition) is 1. The molecule has 124 valence electrons. The third-order valence-electron chi connectivity index (χ3n) is 3.68. The zero-order valence-corrected chi connectivity index (χ0v) is 13.4. The van der Waals surface area contributed by atoms with Crippen molar-refractivity contribution in [1.82, 2.24) is 15.0 Å². The Morgan fingerprint density at radius 1 is 1.16 bits per heavy atom. The SMILES string of the molecule is C=Nc1nc(-c2c[nH]c3c(F)cc(F)cc23)nc(-c2cccs2)c1F. The minimum Gasteiger partial charge on any atom is -0.358 e. The molecule has 1 N–H and O–H groups in total. The lowest BCUT2D eigenvalue weighted by molar-refractivity contribution is 0.591. The van der Waals surface area contributed by atoms with Crippen molar-refractivity contribution in [2.45, 2.75) is 0 Å². The molecule has 0 aliphatic heterocycles. The molecule has 4 nitrogen and oxygen atoms in total. The van der Waals surface area contributed by atoms with Gasteiger partial charge in [0.05, 0.1) is 10.4 Å². The van der Waals surface area contributed by atoms with Gasteiger partial charge in [-0.25, -0.2) is 28.1 Å². The summed E-state index contributed by atoms with van der Waals surface area (Å²) in [6.07, 6.45) is 1.45. The molecular weight excluding hydrogens is 349 g/mol. The van der Waals surface area contributed by atoms with Crippen LogP contribution >= 0.6 is 11.3 Å². The van der Waals surface area contributed by atoms with Crippen molar-refractivity contribution in [3.63, 3.8) is 0 Å². The predicted molar refractivity (Wildman–Crippen MR) is 91.7 cm³/mol. The zero-order valence-electron chi connectivity index (χ0n) is 12.6. The molecule has 0 bridgehead atoms. The molecule has 0 radical (unpaired) electrons. The number of H-pyrrole nitrogens is 1. The number of rotatable bonds is 3. The number of aromatic nitrogens is 3. The summed E-state index contributed by atoms with van der Waals surface area (Å²) < 4.78 is 42.0. The van der Waals surface area contributed by atoms with Crippen LogP contribution < -0.4 is 0 Å². The van der Waals surface area contributed by atoms with E-state index in [9.17, 15) is 13.2 Å². The molecular formula is C17H9F3N4S. The Bertz CT molecular complexity index is 1100. The highest BCUT2D eigenvalue weighted by Gasteiger charge is 2.20. The minimum atomic E-state index is -0.732. The van der Waals surface area contributed by atoms with E-state index in [1.165, 1.54) is 23.6 Å². The molecule has 1 aromatic carbocycles. The van der Waals surface area contributed by atoms with Crippen molar-refractivity contribution in [3.05, 3.63) is 53.3 Å². The van der Waals surface area contributed by atoms with Gasteiger partial charge in [-0.3, -0.25) is 0 Å². The van der Waals surface area contributed by atoms with E-state index in [4.69, 9.17) is 0 Å². The first kappa shape index (κ1) is 15.5. The van der Waals surface area contributed by atoms with E-state index >= 15 is 0 Å².